The molecule has 1 fully saturated rings. The minimum absolute atomic E-state index is 0.0621. The third-order valence-corrected chi connectivity index (χ3v) is 6.40. The molecular weight excluding hydrogens is 451 g/mol. The van der Waals surface area contributed by atoms with Crippen molar-refractivity contribution >= 4 is 23.3 Å². The molecule has 182 valence electrons. The van der Waals surface area contributed by atoms with Gasteiger partial charge in [0.2, 0.25) is 0 Å². The number of Topliss-reactive ketones (excluding diaryl/α,β-unsaturated/α-hetero) is 1. The van der Waals surface area contributed by atoms with Crippen molar-refractivity contribution in [1.82, 2.24) is 14.9 Å². The van der Waals surface area contributed by atoms with Gasteiger partial charge in [0.25, 0.3) is 17.6 Å². The first-order valence-corrected chi connectivity index (χ1v) is 11.2. The van der Waals surface area contributed by atoms with E-state index in [9.17, 15) is 23.9 Å². The Morgan fingerprint density at radius 2 is 1.89 bits per heavy atom. The van der Waals surface area contributed by atoms with Gasteiger partial charge in [-0.15, -0.1) is 0 Å². The fraction of sp³-hybridized carbons (Fsp3) is 0.308. The molecule has 0 radical (unpaired) electrons. The van der Waals surface area contributed by atoms with E-state index in [1.165, 1.54) is 22.8 Å². The highest BCUT2D eigenvalue weighted by Crippen LogP contribution is 2.33. The number of aliphatic hydroxyl groups excluding tert-OH is 1. The van der Waals surface area contributed by atoms with E-state index in [2.05, 4.69) is 15.6 Å². The number of nitrogens with one attached hydrogen (secondary N) is 2. The summed E-state index contributed by atoms with van der Waals surface area (Å²) in [5.41, 5.74) is 1.51. The number of halogens is 1. The lowest BCUT2D eigenvalue weighted by atomic mass is 9.76. The van der Waals surface area contributed by atoms with Crippen molar-refractivity contribution in [3.63, 3.8) is 0 Å². The summed E-state index contributed by atoms with van der Waals surface area (Å²) in [5, 5.41) is 15.1. The molecule has 3 N–H and O–H groups in total. The Bertz CT molecular complexity index is 1330. The summed E-state index contributed by atoms with van der Waals surface area (Å²) >= 11 is 0. The molecule has 3 aromatic rings. The van der Waals surface area contributed by atoms with Crippen molar-refractivity contribution in [3.05, 3.63) is 70.8 Å². The average molecular weight is 479 g/mol. The van der Waals surface area contributed by atoms with E-state index in [0.717, 1.165) is 0 Å². The van der Waals surface area contributed by atoms with Crippen molar-refractivity contribution in [1.29, 1.82) is 0 Å². The smallest absolute Gasteiger partial charge is 0.294 e. The van der Waals surface area contributed by atoms with Gasteiger partial charge in [-0.05, 0) is 75.1 Å². The van der Waals surface area contributed by atoms with Crippen LogP contribution in [-0.4, -0.2) is 43.9 Å². The lowest BCUT2D eigenvalue weighted by molar-refractivity contribution is -0.121. The lowest BCUT2D eigenvalue weighted by Crippen LogP contribution is -2.58. The van der Waals surface area contributed by atoms with Crippen LogP contribution in [0.2, 0.25) is 0 Å². The van der Waals surface area contributed by atoms with Crippen LogP contribution in [-0.2, 0) is 11.8 Å². The molecule has 1 aromatic carbocycles. The Morgan fingerprint density at radius 3 is 2.49 bits per heavy atom. The molecule has 0 spiro atoms. The number of pyridine rings is 1. The van der Waals surface area contributed by atoms with Gasteiger partial charge in [0.05, 0.1) is 28.7 Å². The van der Waals surface area contributed by atoms with Crippen LogP contribution in [0.25, 0.3) is 11.4 Å². The summed E-state index contributed by atoms with van der Waals surface area (Å²) in [7, 11) is 1.60. The van der Waals surface area contributed by atoms with Crippen LogP contribution in [0.5, 0.6) is 0 Å². The summed E-state index contributed by atoms with van der Waals surface area (Å²) in [6.07, 6.45) is 1.79. The first kappa shape index (κ1) is 24.3. The number of carbonyl (C=O) groups excluding carboxylic acids is 3. The van der Waals surface area contributed by atoms with E-state index >= 15 is 0 Å². The highest BCUT2D eigenvalue weighted by Gasteiger charge is 2.42. The highest BCUT2D eigenvalue weighted by atomic mass is 19.1. The van der Waals surface area contributed by atoms with E-state index in [-0.39, 0.29) is 17.1 Å². The van der Waals surface area contributed by atoms with E-state index in [1.807, 2.05) is 0 Å². The van der Waals surface area contributed by atoms with Gasteiger partial charge >= 0.3 is 0 Å². The lowest BCUT2D eigenvalue weighted by Gasteiger charge is -2.42. The summed E-state index contributed by atoms with van der Waals surface area (Å²) in [4.78, 5) is 43.9. The molecule has 1 aliphatic rings. The highest BCUT2D eigenvalue weighted by molar-refractivity contribution is 6.43. The van der Waals surface area contributed by atoms with Gasteiger partial charge in [0.1, 0.15) is 5.82 Å². The van der Waals surface area contributed by atoms with Gasteiger partial charge in [-0.1, -0.05) is 6.07 Å². The Balaban J connectivity index is 1.75. The van der Waals surface area contributed by atoms with Gasteiger partial charge < -0.3 is 20.3 Å². The van der Waals surface area contributed by atoms with E-state index in [0.29, 0.717) is 41.0 Å². The first-order valence-electron chi connectivity index (χ1n) is 11.2. The molecule has 0 unspecified atom stereocenters. The Labute approximate surface area is 202 Å². The molecule has 35 heavy (non-hydrogen) atoms. The van der Waals surface area contributed by atoms with Crippen molar-refractivity contribution in [2.24, 2.45) is 7.05 Å². The zero-order chi connectivity index (χ0) is 25.5. The van der Waals surface area contributed by atoms with Crippen LogP contribution in [0, 0.1) is 19.7 Å². The number of benzene rings is 1. The molecule has 1 saturated carbocycles. The van der Waals surface area contributed by atoms with Crippen LogP contribution >= 0.6 is 0 Å². The summed E-state index contributed by atoms with van der Waals surface area (Å²) < 4.78 is 15.2. The normalized spacial score (nSPS) is 19.1. The number of aromatic nitrogens is 2. The maximum Gasteiger partial charge on any atom is 0.294 e. The average Bonchev–Trinajstić information content (AvgIpc) is 3.05. The van der Waals surface area contributed by atoms with Gasteiger partial charge in [-0.2, -0.15) is 0 Å². The molecule has 0 saturated heterocycles. The number of ketones is 1. The quantitative estimate of drug-likeness (QED) is 0.372. The monoisotopic (exact) mass is 478 g/mol. The van der Waals surface area contributed by atoms with Gasteiger partial charge in [-0.3, -0.25) is 19.4 Å². The first-order chi connectivity index (χ1) is 16.5. The summed E-state index contributed by atoms with van der Waals surface area (Å²) in [6.45, 7) is 4.97. The molecule has 4 rings (SSSR count). The largest absolute Gasteiger partial charge is 0.393 e. The molecule has 0 bridgehead atoms. The summed E-state index contributed by atoms with van der Waals surface area (Å²) in [6, 6.07) is 9.42. The van der Waals surface area contributed by atoms with Crippen LogP contribution in [0.1, 0.15) is 51.7 Å². The van der Waals surface area contributed by atoms with E-state index < -0.39 is 29.2 Å². The van der Waals surface area contributed by atoms with Crippen molar-refractivity contribution in [3.8, 4) is 11.4 Å². The van der Waals surface area contributed by atoms with Gasteiger partial charge in [0, 0.05) is 24.5 Å². The van der Waals surface area contributed by atoms with Crippen LogP contribution in [0.15, 0.2) is 42.6 Å². The molecule has 0 aliphatic heterocycles. The number of hydrogen-bond donors (Lipinski definition) is 3. The fourth-order valence-corrected chi connectivity index (χ4v) is 4.67. The number of nitrogens with zero attached hydrogens (tertiary/aromatic N) is 2. The number of anilines is 1. The second kappa shape index (κ2) is 9.07. The van der Waals surface area contributed by atoms with Crippen LogP contribution in [0.3, 0.4) is 0 Å². The van der Waals surface area contributed by atoms with Crippen molar-refractivity contribution in [2.75, 3.05) is 5.32 Å². The minimum atomic E-state index is -0.809. The Morgan fingerprint density at radius 1 is 1.17 bits per heavy atom. The predicted octanol–water partition coefficient (Wildman–Crippen LogP) is 3.31. The number of aryl methyl sites for hydroxylation is 1. The number of carbonyl (C=O) groups is 3. The van der Waals surface area contributed by atoms with Crippen LogP contribution in [0.4, 0.5) is 10.1 Å². The number of amides is 2. The molecule has 0 atom stereocenters. The van der Waals surface area contributed by atoms with Crippen molar-refractivity contribution in [2.45, 2.75) is 45.3 Å². The predicted molar refractivity (Wildman–Crippen MR) is 129 cm³/mol. The topological polar surface area (TPSA) is 113 Å². The number of hydrogen-bond acceptors (Lipinski definition) is 5. The zero-order valence-corrected chi connectivity index (χ0v) is 20.0. The zero-order valence-electron chi connectivity index (χ0n) is 20.0. The maximum absolute atomic E-state index is 13.7. The molecule has 9 heteroatoms. The second-order valence-corrected chi connectivity index (χ2v) is 9.30. The maximum atomic E-state index is 13.7. The molecule has 2 aromatic heterocycles. The number of rotatable bonds is 6. The molecule has 2 amide bonds. The summed E-state index contributed by atoms with van der Waals surface area (Å²) in [5.74, 6) is -2.50. The van der Waals surface area contributed by atoms with Crippen molar-refractivity contribution < 1.29 is 23.9 Å². The second-order valence-electron chi connectivity index (χ2n) is 9.30. The molecule has 2 heterocycles. The number of aliphatic hydroxyl groups is 1. The standard InChI is InChI=1S/C26H27FN4O4/c1-14-11-16(8-9-18(14)27)29-24(34)20-15(2)21(31(4)22(20)19-7-5-6-10-28-19)23(33)25(35)30-26(3)12-17(32)13-26/h5-11,17,32H,12-13H2,1-4H3,(H,29,34)(H,30,35). The third kappa shape index (κ3) is 4.59. The Hall–Kier alpha value is -3.85. The Kier molecular flexibility index (Phi) is 6.29. The van der Waals surface area contributed by atoms with Gasteiger partial charge in [0.15, 0.2) is 0 Å². The fourth-order valence-electron chi connectivity index (χ4n) is 4.67. The molecular formula is C26H27FN4O4. The molecule has 8 nitrogen and oxygen atoms in total. The van der Waals surface area contributed by atoms with Crippen LogP contribution < -0.4 is 10.6 Å². The third-order valence-electron chi connectivity index (χ3n) is 6.40. The minimum Gasteiger partial charge on any atom is -0.393 e. The SMILES string of the molecule is Cc1cc(NC(=O)c2c(C)c(C(=O)C(=O)NC3(C)CC(O)C3)n(C)c2-c2ccccn2)ccc1F. The van der Waals surface area contributed by atoms with Gasteiger partial charge in [-0.25, -0.2) is 4.39 Å². The van der Waals surface area contributed by atoms with E-state index in [1.54, 1.807) is 52.2 Å². The van der Waals surface area contributed by atoms with E-state index in [4.69, 9.17) is 0 Å². The molecule has 1 aliphatic carbocycles.